The van der Waals surface area contributed by atoms with Gasteiger partial charge >= 0.3 is 0 Å². The molecular weight excluding hydrogens is 166 g/mol. The zero-order valence-electron chi connectivity index (χ0n) is 5.95. The lowest BCUT2D eigenvalue weighted by Crippen LogP contribution is -2.27. The summed E-state index contributed by atoms with van der Waals surface area (Å²) in [5.41, 5.74) is 5.93. The molecule has 5 nitrogen and oxygen atoms in total. The third-order valence-corrected chi connectivity index (χ3v) is 1.29. The van der Waals surface area contributed by atoms with Gasteiger partial charge in [-0.15, -0.1) is 10.2 Å². The third kappa shape index (κ3) is 1.69. The number of anilines is 2. The third-order valence-electron chi connectivity index (χ3n) is 1.11. The number of halogens is 1. The fourth-order valence-electron chi connectivity index (χ4n) is 0.649. The Kier molecular flexibility index (Phi) is 2.11. The maximum atomic E-state index is 5.51. The molecule has 1 rings (SSSR count). The second-order valence-electron chi connectivity index (χ2n) is 2.06. The first kappa shape index (κ1) is 8.03. The Labute approximate surface area is 68.9 Å². The zero-order valence-corrected chi connectivity index (χ0v) is 6.71. The maximum Gasteiger partial charge on any atom is 0.188 e. The molecule has 0 aliphatic heterocycles. The number of nitrogens with zero attached hydrogens (tertiary/aromatic N) is 3. The summed E-state index contributed by atoms with van der Waals surface area (Å²) < 4.78 is 0. The Bertz CT molecular complexity index is 261. The van der Waals surface area contributed by atoms with Crippen molar-refractivity contribution in [3.05, 3.63) is 11.2 Å². The van der Waals surface area contributed by atoms with Gasteiger partial charge in [-0.25, -0.2) is 5.84 Å². The van der Waals surface area contributed by atoms with Crippen LogP contribution in [0.5, 0.6) is 0 Å². The summed E-state index contributed by atoms with van der Waals surface area (Å²) in [7, 11) is 1.62. The van der Waals surface area contributed by atoms with E-state index in [1.54, 1.807) is 7.05 Å². The van der Waals surface area contributed by atoms with Gasteiger partial charge in [-0.1, -0.05) is 11.6 Å². The molecule has 0 unspecified atom stereocenters. The van der Waals surface area contributed by atoms with Crippen molar-refractivity contribution in [1.82, 2.24) is 10.2 Å². The van der Waals surface area contributed by atoms with Crippen molar-refractivity contribution in [3.63, 3.8) is 0 Å². The first-order valence-corrected chi connectivity index (χ1v) is 3.26. The molecule has 0 saturated heterocycles. The maximum absolute atomic E-state index is 5.51. The molecule has 0 bridgehead atoms. The van der Waals surface area contributed by atoms with Gasteiger partial charge in [-0.2, -0.15) is 0 Å². The standard InChI is InChI=1S/C5H8ClN5/c1-11(8)5-3(7)2-4(6)9-10-5/h2H,8H2,1H3,(H2,7,9). The van der Waals surface area contributed by atoms with Crippen LogP contribution in [0.2, 0.25) is 5.15 Å². The van der Waals surface area contributed by atoms with E-state index in [9.17, 15) is 0 Å². The topological polar surface area (TPSA) is 81.1 Å². The van der Waals surface area contributed by atoms with Crippen LogP contribution in [-0.4, -0.2) is 17.2 Å². The summed E-state index contributed by atoms with van der Waals surface area (Å²) in [5, 5.41) is 8.78. The molecule has 0 radical (unpaired) electrons. The highest BCUT2D eigenvalue weighted by Crippen LogP contribution is 2.17. The van der Waals surface area contributed by atoms with Crippen LogP contribution in [0, 0.1) is 0 Å². The van der Waals surface area contributed by atoms with Gasteiger partial charge in [0.1, 0.15) is 0 Å². The Morgan fingerprint density at radius 2 is 2.18 bits per heavy atom. The molecule has 4 N–H and O–H groups in total. The van der Waals surface area contributed by atoms with E-state index >= 15 is 0 Å². The molecule has 0 spiro atoms. The highest BCUT2D eigenvalue weighted by atomic mass is 35.5. The van der Waals surface area contributed by atoms with E-state index in [1.165, 1.54) is 11.1 Å². The molecule has 11 heavy (non-hydrogen) atoms. The number of nitrogen functional groups attached to an aromatic ring is 1. The number of hydrogen-bond donors (Lipinski definition) is 2. The SMILES string of the molecule is CN(N)c1nnc(Cl)cc1N. The van der Waals surface area contributed by atoms with E-state index in [4.69, 9.17) is 23.2 Å². The monoisotopic (exact) mass is 173 g/mol. The summed E-state index contributed by atoms with van der Waals surface area (Å²) in [6.07, 6.45) is 0. The summed E-state index contributed by atoms with van der Waals surface area (Å²) in [4.78, 5) is 0. The number of nitrogens with two attached hydrogens (primary N) is 2. The van der Waals surface area contributed by atoms with Crippen molar-refractivity contribution in [2.45, 2.75) is 0 Å². The van der Waals surface area contributed by atoms with E-state index in [0.717, 1.165) is 0 Å². The first-order valence-electron chi connectivity index (χ1n) is 2.88. The average Bonchev–Trinajstić information content (AvgIpc) is 1.85. The smallest absolute Gasteiger partial charge is 0.188 e. The minimum absolute atomic E-state index is 0.258. The van der Waals surface area contributed by atoms with E-state index in [1.807, 2.05) is 0 Å². The molecule has 60 valence electrons. The van der Waals surface area contributed by atoms with E-state index in [2.05, 4.69) is 10.2 Å². The first-order chi connectivity index (χ1) is 5.11. The van der Waals surface area contributed by atoms with Crippen LogP contribution >= 0.6 is 11.6 Å². The number of rotatable bonds is 1. The van der Waals surface area contributed by atoms with Gasteiger partial charge in [-0.05, 0) is 0 Å². The number of aromatic nitrogens is 2. The van der Waals surface area contributed by atoms with Crippen LogP contribution in [0.3, 0.4) is 0 Å². The largest absolute Gasteiger partial charge is 0.396 e. The van der Waals surface area contributed by atoms with Crippen LogP contribution < -0.4 is 16.6 Å². The number of hydrazine groups is 1. The second-order valence-corrected chi connectivity index (χ2v) is 2.44. The van der Waals surface area contributed by atoms with Gasteiger partial charge in [0.25, 0.3) is 0 Å². The molecule has 1 aromatic heterocycles. The summed E-state index contributed by atoms with van der Waals surface area (Å²) >= 11 is 5.51. The number of hydrogen-bond acceptors (Lipinski definition) is 5. The molecular formula is C5H8ClN5. The highest BCUT2D eigenvalue weighted by molar-refractivity contribution is 6.29. The summed E-state index contributed by atoms with van der Waals surface area (Å²) in [5.74, 6) is 5.78. The van der Waals surface area contributed by atoms with Crippen LogP contribution in [0.4, 0.5) is 11.5 Å². The molecule has 0 amide bonds. The Hall–Kier alpha value is -1.07. The van der Waals surface area contributed by atoms with Crippen molar-refractivity contribution < 1.29 is 0 Å². The predicted molar refractivity (Wildman–Crippen MR) is 44.0 cm³/mol. The Morgan fingerprint density at radius 1 is 1.55 bits per heavy atom. The molecule has 0 atom stereocenters. The van der Waals surface area contributed by atoms with Gasteiger partial charge in [-0.3, -0.25) is 5.01 Å². The van der Waals surface area contributed by atoms with Crippen molar-refractivity contribution in [2.24, 2.45) is 5.84 Å². The van der Waals surface area contributed by atoms with Gasteiger partial charge < -0.3 is 5.73 Å². The lowest BCUT2D eigenvalue weighted by Gasteiger charge is -2.11. The summed E-state index contributed by atoms with van der Waals surface area (Å²) in [6.45, 7) is 0. The molecule has 6 heteroatoms. The lowest BCUT2D eigenvalue weighted by molar-refractivity contribution is 0.922. The Balaban J connectivity index is 3.09. The quantitative estimate of drug-likeness (QED) is 0.462. The van der Waals surface area contributed by atoms with Crippen molar-refractivity contribution in [2.75, 3.05) is 17.8 Å². The zero-order chi connectivity index (χ0) is 8.43. The molecule has 0 saturated carbocycles. The fraction of sp³-hybridized carbons (Fsp3) is 0.200. The van der Waals surface area contributed by atoms with Crippen molar-refractivity contribution in [1.29, 1.82) is 0 Å². The molecule has 1 aromatic rings. The minimum Gasteiger partial charge on any atom is -0.396 e. The van der Waals surface area contributed by atoms with Crippen LogP contribution in [-0.2, 0) is 0 Å². The molecule has 0 aliphatic carbocycles. The Morgan fingerprint density at radius 3 is 2.64 bits per heavy atom. The molecule has 0 fully saturated rings. The lowest BCUT2D eigenvalue weighted by atomic mass is 10.4. The van der Waals surface area contributed by atoms with Gasteiger partial charge in [0, 0.05) is 13.1 Å². The van der Waals surface area contributed by atoms with Gasteiger partial charge in [0.2, 0.25) is 0 Å². The normalized spacial score (nSPS) is 9.73. The fourth-order valence-corrected chi connectivity index (χ4v) is 0.804. The van der Waals surface area contributed by atoms with Gasteiger partial charge in [0.05, 0.1) is 5.69 Å². The molecule has 0 aromatic carbocycles. The van der Waals surface area contributed by atoms with Crippen molar-refractivity contribution >= 4 is 23.1 Å². The van der Waals surface area contributed by atoms with E-state index in [-0.39, 0.29) is 5.15 Å². The predicted octanol–water partition coefficient (Wildman–Crippen LogP) is 0.0221. The van der Waals surface area contributed by atoms with Crippen LogP contribution in [0.15, 0.2) is 6.07 Å². The molecule has 1 heterocycles. The highest BCUT2D eigenvalue weighted by Gasteiger charge is 2.04. The second kappa shape index (κ2) is 2.89. The minimum atomic E-state index is 0.258. The van der Waals surface area contributed by atoms with Crippen LogP contribution in [0.25, 0.3) is 0 Å². The van der Waals surface area contributed by atoms with Crippen molar-refractivity contribution in [3.8, 4) is 0 Å². The van der Waals surface area contributed by atoms with Gasteiger partial charge in [0.15, 0.2) is 11.0 Å². The summed E-state index contributed by atoms with van der Waals surface area (Å²) in [6, 6.07) is 1.49. The van der Waals surface area contributed by atoms with E-state index in [0.29, 0.717) is 11.5 Å². The van der Waals surface area contributed by atoms with Crippen LogP contribution in [0.1, 0.15) is 0 Å². The average molecular weight is 174 g/mol. The van der Waals surface area contributed by atoms with E-state index < -0.39 is 0 Å². The molecule has 0 aliphatic rings.